The lowest BCUT2D eigenvalue weighted by Crippen LogP contribution is -2.28. The Morgan fingerprint density at radius 3 is 2.50 bits per heavy atom. The van der Waals surface area contributed by atoms with Gasteiger partial charge in [-0.25, -0.2) is 9.78 Å². The van der Waals surface area contributed by atoms with Crippen LogP contribution in [0.3, 0.4) is 0 Å². The fourth-order valence-electron chi connectivity index (χ4n) is 2.43. The zero-order valence-corrected chi connectivity index (χ0v) is 16.4. The second-order valence-corrected chi connectivity index (χ2v) is 6.60. The van der Waals surface area contributed by atoms with Gasteiger partial charge in [0.1, 0.15) is 11.5 Å². The van der Waals surface area contributed by atoms with Crippen LogP contribution < -0.4 is 15.4 Å². The molecule has 0 fully saturated rings. The molecule has 1 aromatic carbocycles. The summed E-state index contributed by atoms with van der Waals surface area (Å²) in [6.45, 7) is 2.00. The molecule has 0 saturated carbocycles. The number of ether oxygens (including phenoxy) is 1. The number of amides is 2. The minimum Gasteiger partial charge on any atom is -0.457 e. The number of aryl methyl sites for hydroxylation is 1. The molecule has 2 aromatic heterocycles. The van der Waals surface area contributed by atoms with Crippen LogP contribution in [0.2, 0.25) is 5.15 Å². The van der Waals surface area contributed by atoms with Crippen molar-refractivity contribution in [2.24, 2.45) is 0 Å². The topological polar surface area (TPSA) is 76.1 Å². The van der Waals surface area contributed by atoms with Crippen LogP contribution in [0.25, 0.3) is 0 Å². The second-order valence-electron chi connectivity index (χ2n) is 6.25. The summed E-state index contributed by atoms with van der Waals surface area (Å²) in [5.41, 5.74) is 0.342. The molecule has 3 aromatic rings. The van der Waals surface area contributed by atoms with Gasteiger partial charge in [-0.05, 0) is 36.8 Å². The lowest BCUT2D eigenvalue weighted by molar-refractivity contribution is -0.137. The lowest BCUT2D eigenvalue weighted by atomic mass is 10.2. The van der Waals surface area contributed by atoms with Crippen LogP contribution in [0, 0.1) is 6.92 Å². The molecule has 0 aliphatic heterocycles. The summed E-state index contributed by atoms with van der Waals surface area (Å²) >= 11 is 5.76. The Kier molecular flexibility index (Phi) is 6.41. The number of nitrogens with one attached hydrogen (secondary N) is 2. The third-order valence-electron chi connectivity index (χ3n) is 3.89. The molecule has 0 aliphatic carbocycles. The van der Waals surface area contributed by atoms with Crippen molar-refractivity contribution in [3.05, 3.63) is 76.8 Å². The molecular weight excluding hydrogens is 421 g/mol. The number of benzene rings is 1. The van der Waals surface area contributed by atoms with Crippen LogP contribution in [0.15, 0.2) is 54.9 Å². The largest absolute Gasteiger partial charge is 0.457 e. The van der Waals surface area contributed by atoms with Gasteiger partial charge in [-0.1, -0.05) is 23.7 Å². The molecule has 10 heteroatoms. The number of carbonyl (C=O) groups excluding carboxylic acids is 1. The number of pyridine rings is 2. The fourth-order valence-corrected chi connectivity index (χ4v) is 2.58. The molecular formula is C20H16ClF3N4O2. The van der Waals surface area contributed by atoms with Crippen LogP contribution in [-0.2, 0) is 12.7 Å². The van der Waals surface area contributed by atoms with E-state index in [9.17, 15) is 18.0 Å². The first-order chi connectivity index (χ1) is 14.2. The van der Waals surface area contributed by atoms with Crippen molar-refractivity contribution < 1.29 is 22.7 Å². The van der Waals surface area contributed by atoms with Gasteiger partial charge in [0.05, 0.1) is 11.3 Å². The third kappa shape index (κ3) is 5.84. The van der Waals surface area contributed by atoms with Gasteiger partial charge in [0.15, 0.2) is 5.15 Å². The standard InChI is InChI=1S/C20H16ClF3N4O2/c1-12-8-16(6-7-25-12)30-15-4-2-13(3-5-15)10-27-19(29)28-17-9-14(20(22,23)24)11-26-18(17)21/h2-9,11H,10H2,1H3,(H2,27,28,29). The number of halogens is 4. The van der Waals surface area contributed by atoms with E-state index in [1.54, 1.807) is 42.6 Å². The summed E-state index contributed by atoms with van der Waals surface area (Å²) < 4.78 is 44.0. The van der Waals surface area contributed by atoms with E-state index in [1.165, 1.54) is 0 Å². The highest BCUT2D eigenvalue weighted by Crippen LogP contribution is 2.32. The van der Waals surface area contributed by atoms with E-state index in [4.69, 9.17) is 16.3 Å². The SMILES string of the molecule is Cc1cc(Oc2ccc(CNC(=O)Nc3cc(C(F)(F)F)cnc3Cl)cc2)ccn1. The first kappa shape index (κ1) is 21.4. The zero-order chi connectivity index (χ0) is 21.7. The molecule has 0 unspecified atom stereocenters. The van der Waals surface area contributed by atoms with Crippen LogP contribution in [0.1, 0.15) is 16.8 Å². The van der Waals surface area contributed by atoms with E-state index in [2.05, 4.69) is 20.6 Å². The minimum atomic E-state index is -4.59. The van der Waals surface area contributed by atoms with Crippen molar-refractivity contribution in [3.8, 4) is 11.5 Å². The number of aromatic nitrogens is 2. The van der Waals surface area contributed by atoms with E-state index in [0.29, 0.717) is 17.7 Å². The summed E-state index contributed by atoms with van der Waals surface area (Å²) in [6.07, 6.45) is -2.35. The zero-order valence-electron chi connectivity index (χ0n) is 15.6. The average Bonchev–Trinajstić information content (AvgIpc) is 2.68. The van der Waals surface area contributed by atoms with Crippen LogP contribution in [-0.4, -0.2) is 16.0 Å². The maximum absolute atomic E-state index is 12.8. The lowest BCUT2D eigenvalue weighted by Gasteiger charge is -2.12. The Morgan fingerprint density at radius 2 is 1.83 bits per heavy atom. The maximum atomic E-state index is 12.8. The molecule has 0 spiro atoms. The fraction of sp³-hybridized carbons (Fsp3) is 0.150. The normalized spacial score (nSPS) is 11.1. The molecule has 6 nitrogen and oxygen atoms in total. The van der Waals surface area contributed by atoms with Crippen LogP contribution >= 0.6 is 11.6 Å². The molecule has 0 bridgehead atoms. The van der Waals surface area contributed by atoms with Gasteiger partial charge < -0.3 is 15.4 Å². The molecule has 0 aliphatic rings. The van der Waals surface area contributed by atoms with Crippen LogP contribution in [0.4, 0.5) is 23.7 Å². The summed E-state index contributed by atoms with van der Waals surface area (Å²) in [6, 6.07) is 10.5. The molecule has 156 valence electrons. The molecule has 2 heterocycles. The molecule has 0 saturated heterocycles. The van der Waals surface area contributed by atoms with Crippen molar-refractivity contribution in [1.29, 1.82) is 0 Å². The highest BCUT2D eigenvalue weighted by Gasteiger charge is 2.31. The first-order valence-corrected chi connectivity index (χ1v) is 9.05. The number of urea groups is 1. The van der Waals surface area contributed by atoms with Gasteiger partial charge in [-0.2, -0.15) is 13.2 Å². The van der Waals surface area contributed by atoms with Crippen molar-refractivity contribution in [2.45, 2.75) is 19.6 Å². The molecule has 3 rings (SSSR count). The number of carbonyl (C=O) groups is 1. The number of anilines is 1. The van der Waals surface area contributed by atoms with Crippen LogP contribution in [0.5, 0.6) is 11.5 Å². The Morgan fingerprint density at radius 1 is 1.10 bits per heavy atom. The average molecular weight is 437 g/mol. The van der Waals surface area contributed by atoms with Gasteiger partial charge in [0.25, 0.3) is 0 Å². The number of hydrogen-bond donors (Lipinski definition) is 2. The van der Waals surface area contributed by atoms with E-state index < -0.39 is 17.8 Å². The number of nitrogens with zero attached hydrogens (tertiary/aromatic N) is 2. The molecule has 0 atom stereocenters. The van der Waals surface area contributed by atoms with Crippen molar-refractivity contribution in [2.75, 3.05) is 5.32 Å². The summed E-state index contributed by atoms with van der Waals surface area (Å²) in [5, 5.41) is 4.57. The van der Waals surface area contributed by atoms with Gasteiger partial charge in [-0.15, -0.1) is 0 Å². The van der Waals surface area contributed by atoms with Crippen molar-refractivity contribution in [3.63, 3.8) is 0 Å². The predicted octanol–water partition coefficient (Wildman–Crippen LogP) is 5.57. The Hall–Kier alpha value is -3.33. The Labute approximate surface area is 175 Å². The molecule has 2 N–H and O–H groups in total. The number of rotatable bonds is 5. The van der Waals surface area contributed by atoms with E-state index in [-0.39, 0.29) is 17.4 Å². The van der Waals surface area contributed by atoms with E-state index in [0.717, 1.165) is 17.3 Å². The highest BCUT2D eigenvalue weighted by atomic mass is 35.5. The second kappa shape index (κ2) is 9.00. The monoisotopic (exact) mass is 436 g/mol. The Bertz CT molecular complexity index is 1040. The smallest absolute Gasteiger partial charge is 0.417 e. The summed E-state index contributed by atoms with van der Waals surface area (Å²) in [5.74, 6) is 1.26. The third-order valence-corrected chi connectivity index (χ3v) is 4.20. The van der Waals surface area contributed by atoms with Crippen molar-refractivity contribution in [1.82, 2.24) is 15.3 Å². The van der Waals surface area contributed by atoms with Gasteiger partial charge in [-0.3, -0.25) is 4.98 Å². The minimum absolute atomic E-state index is 0.143. The quantitative estimate of drug-likeness (QED) is 0.512. The van der Waals surface area contributed by atoms with Gasteiger partial charge in [0, 0.05) is 30.7 Å². The first-order valence-electron chi connectivity index (χ1n) is 8.68. The maximum Gasteiger partial charge on any atom is 0.417 e. The molecule has 30 heavy (non-hydrogen) atoms. The van der Waals surface area contributed by atoms with Crippen molar-refractivity contribution >= 4 is 23.3 Å². The highest BCUT2D eigenvalue weighted by molar-refractivity contribution is 6.32. The van der Waals surface area contributed by atoms with Gasteiger partial charge in [0.2, 0.25) is 0 Å². The molecule has 0 radical (unpaired) electrons. The summed E-state index contributed by atoms with van der Waals surface area (Å²) in [4.78, 5) is 19.6. The van der Waals surface area contributed by atoms with E-state index in [1.807, 2.05) is 6.92 Å². The number of alkyl halides is 3. The summed E-state index contributed by atoms with van der Waals surface area (Å²) in [7, 11) is 0. The Balaban J connectivity index is 1.56. The van der Waals surface area contributed by atoms with Gasteiger partial charge >= 0.3 is 12.2 Å². The molecule has 2 amide bonds. The number of hydrogen-bond acceptors (Lipinski definition) is 4. The van der Waals surface area contributed by atoms with E-state index >= 15 is 0 Å². The predicted molar refractivity (Wildman–Crippen MR) is 106 cm³/mol.